The van der Waals surface area contributed by atoms with Gasteiger partial charge in [-0.3, -0.25) is 4.79 Å². The number of amides is 1. The molecule has 4 rings (SSSR count). The molecule has 8 heteroatoms. The number of aromatic nitrogens is 3. The number of thioether (sulfide) groups is 1. The number of nitrogens with zero attached hydrogens (tertiary/aromatic N) is 4. The van der Waals surface area contributed by atoms with Crippen LogP contribution in [-0.4, -0.2) is 58.0 Å². The van der Waals surface area contributed by atoms with E-state index in [4.69, 9.17) is 9.26 Å². The molecule has 132 valence electrons. The largest absolute Gasteiger partial charge is 0.378 e. The van der Waals surface area contributed by atoms with Gasteiger partial charge in [0.2, 0.25) is 17.6 Å². The molecular formula is C17H20N4O3S. The second kappa shape index (κ2) is 7.53. The van der Waals surface area contributed by atoms with E-state index in [1.807, 2.05) is 17.0 Å². The van der Waals surface area contributed by atoms with Crippen LogP contribution in [0.5, 0.6) is 0 Å². The summed E-state index contributed by atoms with van der Waals surface area (Å²) in [6, 6.07) is 3.77. The number of hydrogen-bond donors (Lipinski definition) is 0. The summed E-state index contributed by atoms with van der Waals surface area (Å²) >= 11 is 1.42. The molecule has 0 atom stereocenters. The molecule has 1 aliphatic carbocycles. The Morgan fingerprint density at radius 1 is 1.32 bits per heavy atom. The molecule has 2 fully saturated rings. The summed E-state index contributed by atoms with van der Waals surface area (Å²) in [6.07, 6.45) is 5.17. The number of ether oxygens (including phenoxy) is 1. The Kier molecular flexibility index (Phi) is 4.98. The van der Waals surface area contributed by atoms with Crippen molar-refractivity contribution in [3.8, 4) is 11.4 Å². The van der Waals surface area contributed by atoms with Crippen LogP contribution < -0.4 is 0 Å². The fraction of sp³-hybridized carbons (Fsp3) is 0.529. The van der Waals surface area contributed by atoms with E-state index >= 15 is 0 Å². The van der Waals surface area contributed by atoms with Gasteiger partial charge in [0.05, 0.1) is 24.5 Å². The molecule has 1 amide bonds. The van der Waals surface area contributed by atoms with Crippen molar-refractivity contribution in [3.05, 3.63) is 24.2 Å². The van der Waals surface area contributed by atoms with Crippen molar-refractivity contribution in [1.82, 2.24) is 20.0 Å². The van der Waals surface area contributed by atoms with Crippen molar-refractivity contribution in [1.29, 1.82) is 0 Å². The standard InChI is InChI=1S/C17H20N4O3S/c22-14(21-7-9-23-10-8-21)11-25-17-13(5-2-6-18-17)15-19-16(24-20-15)12-3-1-4-12/h2,5-6,12H,1,3-4,7-11H2. The Hall–Kier alpha value is -1.93. The predicted molar refractivity (Wildman–Crippen MR) is 92.2 cm³/mol. The Balaban J connectivity index is 1.45. The zero-order chi connectivity index (χ0) is 17.1. The number of hydrogen-bond acceptors (Lipinski definition) is 7. The minimum absolute atomic E-state index is 0.105. The minimum atomic E-state index is 0.105. The second-order valence-corrected chi connectivity index (χ2v) is 7.19. The third-order valence-electron chi connectivity index (χ3n) is 4.60. The maximum Gasteiger partial charge on any atom is 0.233 e. The highest BCUT2D eigenvalue weighted by Crippen LogP contribution is 2.36. The molecule has 0 bridgehead atoms. The van der Waals surface area contributed by atoms with E-state index in [0.29, 0.717) is 49.7 Å². The third kappa shape index (κ3) is 3.69. The van der Waals surface area contributed by atoms with Gasteiger partial charge in [0, 0.05) is 25.2 Å². The molecule has 2 aromatic rings. The average Bonchev–Trinajstić information content (AvgIpc) is 3.08. The molecule has 1 saturated carbocycles. The van der Waals surface area contributed by atoms with Crippen molar-refractivity contribution in [2.45, 2.75) is 30.2 Å². The van der Waals surface area contributed by atoms with Crippen LogP contribution in [0.2, 0.25) is 0 Å². The first-order chi connectivity index (χ1) is 12.3. The van der Waals surface area contributed by atoms with E-state index in [9.17, 15) is 4.79 Å². The molecule has 1 aliphatic heterocycles. The van der Waals surface area contributed by atoms with Gasteiger partial charge < -0.3 is 14.2 Å². The van der Waals surface area contributed by atoms with Gasteiger partial charge in [-0.25, -0.2) is 4.98 Å². The fourth-order valence-electron chi connectivity index (χ4n) is 2.88. The molecule has 1 saturated heterocycles. The Morgan fingerprint density at radius 2 is 2.16 bits per heavy atom. The molecule has 0 aromatic carbocycles. The van der Waals surface area contributed by atoms with Crippen molar-refractivity contribution >= 4 is 17.7 Å². The highest BCUT2D eigenvalue weighted by Gasteiger charge is 2.26. The summed E-state index contributed by atoms with van der Waals surface area (Å²) in [5, 5.41) is 4.87. The third-order valence-corrected chi connectivity index (χ3v) is 5.59. The Bertz CT molecular complexity index is 741. The van der Waals surface area contributed by atoms with E-state index in [1.165, 1.54) is 18.2 Å². The molecule has 3 heterocycles. The van der Waals surface area contributed by atoms with Gasteiger partial charge in [-0.15, -0.1) is 0 Å². The van der Waals surface area contributed by atoms with E-state index < -0.39 is 0 Å². The van der Waals surface area contributed by atoms with Crippen LogP contribution in [-0.2, 0) is 9.53 Å². The van der Waals surface area contributed by atoms with Gasteiger partial charge in [0.15, 0.2) is 0 Å². The first kappa shape index (κ1) is 16.5. The van der Waals surface area contributed by atoms with Crippen molar-refractivity contribution in [2.24, 2.45) is 0 Å². The lowest BCUT2D eigenvalue weighted by Crippen LogP contribution is -2.41. The molecule has 2 aliphatic rings. The van der Waals surface area contributed by atoms with Gasteiger partial charge in [0.1, 0.15) is 5.03 Å². The lowest BCUT2D eigenvalue weighted by Gasteiger charge is -2.26. The quantitative estimate of drug-likeness (QED) is 0.757. The molecule has 2 aromatic heterocycles. The zero-order valence-corrected chi connectivity index (χ0v) is 14.7. The zero-order valence-electron chi connectivity index (χ0n) is 13.9. The number of pyridine rings is 1. The smallest absolute Gasteiger partial charge is 0.233 e. The highest BCUT2D eigenvalue weighted by molar-refractivity contribution is 8.00. The lowest BCUT2D eigenvalue weighted by atomic mass is 9.85. The summed E-state index contributed by atoms with van der Waals surface area (Å²) in [5.74, 6) is 2.11. The molecule has 7 nitrogen and oxygen atoms in total. The maximum absolute atomic E-state index is 12.3. The van der Waals surface area contributed by atoms with Crippen LogP contribution in [0.25, 0.3) is 11.4 Å². The van der Waals surface area contributed by atoms with E-state index in [-0.39, 0.29) is 5.91 Å². The summed E-state index contributed by atoms with van der Waals surface area (Å²) in [5.41, 5.74) is 0.816. The van der Waals surface area contributed by atoms with E-state index in [0.717, 1.165) is 23.4 Å². The van der Waals surface area contributed by atoms with Crippen LogP contribution in [0.1, 0.15) is 31.1 Å². The summed E-state index contributed by atoms with van der Waals surface area (Å²) in [6.45, 7) is 2.53. The van der Waals surface area contributed by atoms with Crippen molar-refractivity contribution in [2.75, 3.05) is 32.1 Å². The second-order valence-electron chi connectivity index (χ2n) is 6.22. The van der Waals surface area contributed by atoms with Crippen LogP contribution in [0, 0.1) is 0 Å². The van der Waals surface area contributed by atoms with Gasteiger partial charge in [-0.05, 0) is 25.0 Å². The number of morpholine rings is 1. The molecule has 0 unspecified atom stereocenters. The number of carbonyl (C=O) groups is 1. The number of carbonyl (C=O) groups excluding carboxylic acids is 1. The first-order valence-electron chi connectivity index (χ1n) is 8.58. The fourth-order valence-corrected chi connectivity index (χ4v) is 3.77. The van der Waals surface area contributed by atoms with E-state index in [1.54, 1.807) is 6.20 Å². The van der Waals surface area contributed by atoms with Gasteiger partial charge in [-0.1, -0.05) is 23.3 Å². The Labute approximate surface area is 150 Å². The average molecular weight is 360 g/mol. The lowest BCUT2D eigenvalue weighted by molar-refractivity contribution is -0.132. The molecule has 25 heavy (non-hydrogen) atoms. The van der Waals surface area contributed by atoms with E-state index in [2.05, 4.69) is 15.1 Å². The monoisotopic (exact) mass is 360 g/mol. The molecule has 0 radical (unpaired) electrons. The first-order valence-corrected chi connectivity index (χ1v) is 9.57. The van der Waals surface area contributed by atoms with Crippen LogP contribution in [0.4, 0.5) is 0 Å². The SMILES string of the molecule is O=C(CSc1ncccc1-c1noc(C2CCC2)n1)N1CCOCC1. The highest BCUT2D eigenvalue weighted by atomic mass is 32.2. The van der Waals surface area contributed by atoms with Gasteiger partial charge in [-0.2, -0.15) is 4.98 Å². The summed E-state index contributed by atoms with van der Waals surface area (Å²) in [7, 11) is 0. The van der Waals surface area contributed by atoms with Crippen LogP contribution in [0.15, 0.2) is 27.9 Å². The van der Waals surface area contributed by atoms with Crippen LogP contribution in [0.3, 0.4) is 0 Å². The van der Waals surface area contributed by atoms with Crippen molar-refractivity contribution in [3.63, 3.8) is 0 Å². The normalized spacial score (nSPS) is 18.2. The molecular weight excluding hydrogens is 340 g/mol. The maximum atomic E-state index is 12.3. The topological polar surface area (TPSA) is 81.3 Å². The van der Waals surface area contributed by atoms with Crippen LogP contribution >= 0.6 is 11.8 Å². The summed E-state index contributed by atoms with van der Waals surface area (Å²) in [4.78, 5) is 23.1. The predicted octanol–water partition coefficient (Wildman–Crippen LogP) is 2.35. The number of rotatable bonds is 5. The molecule has 0 spiro atoms. The molecule has 0 N–H and O–H groups in total. The summed E-state index contributed by atoms with van der Waals surface area (Å²) < 4.78 is 10.7. The minimum Gasteiger partial charge on any atom is -0.378 e. The van der Waals surface area contributed by atoms with Crippen molar-refractivity contribution < 1.29 is 14.1 Å². The van der Waals surface area contributed by atoms with Gasteiger partial charge >= 0.3 is 0 Å². The van der Waals surface area contributed by atoms with Gasteiger partial charge in [0.25, 0.3) is 0 Å². The Morgan fingerprint density at radius 3 is 2.92 bits per heavy atom.